The summed E-state index contributed by atoms with van der Waals surface area (Å²) < 4.78 is 21.8. The van der Waals surface area contributed by atoms with E-state index in [0.29, 0.717) is 47.6 Å². The van der Waals surface area contributed by atoms with E-state index in [0.717, 1.165) is 6.42 Å². The number of carbonyl (C=O) groups excluding carboxylic acids is 1. The molecule has 32 heavy (non-hydrogen) atoms. The predicted molar refractivity (Wildman–Crippen MR) is 119 cm³/mol. The Morgan fingerprint density at radius 2 is 2.12 bits per heavy atom. The van der Waals surface area contributed by atoms with Gasteiger partial charge in [0.1, 0.15) is 11.4 Å². The van der Waals surface area contributed by atoms with Crippen LogP contribution in [0.3, 0.4) is 0 Å². The first-order chi connectivity index (χ1) is 15.2. The van der Waals surface area contributed by atoms with Gasteiger partial charge in [0, 0.05) is 49.3 Å². The van der Waals surface area contributed by atoms with Crippen LogP contribution in [-0.4, -0.2) is 47.6 Å². The van der Waals surface area contributed by atoms with Crippen molar-refractivity contribution in [3.8, 4) is 11.1 Å². The van der Waals surface area contributed by atoms with Gasteiger partial charge < -0.3 is 30.7 Å². The number of halogens is 1. The van der Waals surface area contributed by atoms with Crippen LogP contribution < -0.4 is 20.9 Å². The van der Waals surface area contributed by atoms with Crippen LogP contribution in [-0.2, 0) is 10.3 Å². The normalized spacial score (nSPS) is 20.1. The molecule has 0 aliphatic carbocycles. The first kappa shape index (κ1) is 22.2. The second-order valence-electron chi connectivity index (χ2n) is 8.57. The molecular weight excluding hydrogens is 415 g/mol. The van der Waals surface area contributed by atoms with Crippen molar-refractivity contribution in [1.29, 1.82) is 0 Å². The van der Waals surface area contributed by atoms with E-state index in [1.807, 2.05) is 11.8 Å². The Morgan fingerprint density at radius 3 is 2.72 bits per heavy atom. The molecule has 2 amide bonds. The number of carbonyl (C=O) groups is 1. The zero-order chi connectivity index (χ0) is 23.0. The molecule has 1 saturated heterocycles. The van der Waals surface area contributed by atoms with Gasteiger partial charge in [-0.05, 0) is 39.7 Å². The Bertz CT molecular complexity index is 1000. The smallest absolute Gasteiger partial charge is 0.317 e. The topological polar surface area (TPSA) is 112 Å². The van der Waals surface area contributed by atoms with Crippen molar-refractivity contribution >= 4 is 17.4 Å². The fourth-order valence-corrected chi connectivity index (χ4v) is 4.09. The Hall–Kier alpha value is -2.98. The molecule has 4 N–H and O–H groups in total. The van der Waals surface area contributed by atoms with Crippen LogP contribution in [0.5, 0.6) is 0 Å². The molecular formula is C22H29FN6O3. The molecule has 1 aromatic heterocycles. The lowest BCUT2D eigenvalue weighted by Crippen LogP contribution is -2.51. The lowest BCUT2D eigenvalue weighted by molar-refractivity contribution is 0.0687. The van der Waals surface area contributed by atoms with Crippen LogP contribution in [0, 0.1) is 5.82 Å². The minimum absolute atomic E-state index is 0.256. The summed E-state index contributed by atoms with van der Waals surface area (Å²) >= 11 is 0. The highest BCUT2D eigenvalue weighted by atomic mass is 19.1. The molecule has 1 fully saturated rings. The number of hydrogen-bond donors (Lipinski definition) is 4. The third-order valence-electron chi connectivity index (χ3n) is 5.67. The molecule has 0 bridgehead atoms. The van der Waals surface area contributed by atoms with Gasteiger partial charge in [-0.25, -0.2) is 19.2 Å². The summed E-state index contributed by atoms with van der Waals surface area (Å²) in [7, 11) is 1.80. The van der Waals surface area contributed by atoms with Crippen molar-refractivity contribution in [3.63, 3.8) is 0 Å². The van der Waals surface area contributed by atoms with E-state index in [2.05, 4.69) is 25.9 Å². The average molecular weight is 445 g/mol. The molecule has 4 rings (SSSR count). The van der Waals surface area contributed by atoms with E-state index in [9.17, 15) is 9.90 Å². The maximum Gasteiger partial charge on any atom is 0.317 e. The number of aliphatic hydroxyl groups is 1. The van der Waals surface area contributed by atoms with Gasteiger partial charge in [-0.3, -0.25) is 0 Å². The van der Waals surface area contributed by atoms with Gasteiger partial charge in [-0.1, -0.05) is 0 Å². The third-order valence-corrected chi connectivity index (χ3v) is 5.67. The van der Waals surface area contributed by atoms with Crippen LogP contribution in [0.25, 0.3) is 11.1 Å². The molecule has 3 heterocycles. The Balaban J connectivity index is 1.76. The van der Waals surface area contributed by atoms with Crippen molar-refractivity contribution in [2.45, 2.75) is 51.6 Å². The van der Waals surface area contributed by atoms with Crippen LogP contribution in [0.4, 0.5) is 20.6 Å². The zero-order valence-corrected chi connectivity index (χ0v) is 18.7. The van der Waals surface area contributed by atoms with E-state index in [1.54, 1.807) is 27.0 Å². The van der Waals surface area contributed by atoms with Crippen molar-refractivity contribution < 1.29 is 19.0 Å². The molecule has 0 radical (unpaired) electrons. The number of urea groups is 1. The molecule has 1 aromatic carbocycles. The van der Waals surface area contributed by atoms with E-state index in [4.69, 9.17) is 4.74 Å². The summed E-state index contributed by atoms with van der Waals surface area (Å²) in [5.41, 5.74) is 1.42. The molecule has 172 valence electrons. The SMILES string of the molecule is CCNC(=O)NC1Nc2cc(-c3cnc(C(C)(C)O)nc3)c(F)c([C@H]3CCCO3)c2N1C. The monoisotopic (exact) mass is 444 g/mol. The minimum atomic E-state index is -1.19. The summed E-state index contributed by atoms with van der Waals surface area (Å²) in [5.74, 6) is -0.145. The maximum absolute atomic E-state index is 15.9. The van der Waals surface area contributed by atoms with Crippen molar-refractivity contribution in [2.24, 2.45) is 0 Å². The Morgan fingerprint density at radius 1 is 1.41 bits per heavy atom. The molecule has 0 spiro atoms. The van der Waals surface area contributed by atoms with E-state index in [1.165, 1.54) is 12.4 Å². The molecule has 0 saturated carbocycles. The summed E-state index contributed by atoms with van der Waals surface area (Å²) in [5, 5.41) is 18.9. The van der Waals surface area contributed by atoms with Crippen molar-refractivity contribution in [3.05, 3.63) is 35.7 Å². The summed E-state index contributed by atoms with van der Waals surface area (Å²) in [6.45, 7) is 6.09. The van der Waals surface area contributed by atoms with Crippen LogP contribution in [0.1, 0.15) is 51.1 Å². The number of anilines is 2. The molecule has 2 aliphatic heterocycles. The minimum Gasteiger partial charge on any atom is -0.382 e. The molecule has 10 heteroatoms. The predicted octanol–water partition coefficient (Wildman–Crippen LogP) is 2.83. The zero-order valence-electron chi connectivity index (χ0n) is 18.7. The number of nitrogens with one attached hydrogen (secondary N) is 3. The van der Waals surface area contributed by atoms with Crippen LogP contribution >= 0.6 is 0 Å². The maximum atomic E-state index is 15.9. The molecule has 9 nitrogen and oxygen atoms in total. The van der Waals surface area contributed by atoms with Crippen LogP contribution in [0.15, 0.2) is 18.5 Å². The van der Waals surface area contributed by atoms with E-state index in [-0.39, 0.29) is 18.0 Å². The second kappa shape index (κ2) is 8.51. The summed E-state index contributed by atoms with van der Waals surface area (Å²) in [6.07, 6.45) is 3.65. The van der Waals surface area contributed by atoms with Crippen LogP contribution in [0.2, 0.25) is 0 Å². The highest BCUT2D eigenvalue weighted by Crippen LogP contribution is 2.47. The highest BCUT2D eigenvalue weighted by molar-refractivity contribution is 5.86. The fourth-order valence-electron chi connectivity index (χ4n) is 4.09. The fraction of sp³-hybridized carbons (Fsp3) is 0.500. The number of aromatic nitrogens is 2. The number of amides is 2. The van der Waals surface area contributed by atoms with Gasteiger partial charge in [0.05, 0.1) is 17.5 Å². The summed E-state index contributed by atoms with van der Waals surface area (Å²) in [4.78, 5) is 22.3. The number of hydrogen-bond acceptors (Lipinski definition) is 7. The number of fused-ring (bicyclic) bond motifs is 1. The highest BCUT2D eigenvalue weighted by Gasteiger charge is 2.36. The van der Waals surface area contributed by atoms with Gasteiger partial charge in [0.25, 0.3) is 0 Å². The largest absolute Gasteiger partial charge is 0.382 e. The molecule has 2 aromatic rings. The van der Waals surface area contributed by atoms with Gasteiger partial charge >= 0.3 is 6.03 Å². The Labute approximate surface area is 186 Å². The second-order valence-corrected chi connectivity index (χ2v) is 8.57. The Kier molecular flexibility index (Phi) is 5.91. The quantitative estimate of drug-likeness (QED) is 0.561. The standard InChI is InChI=1S/C22H29FN6O3/c1-5-24-21(30)28-20-27-14-9-13(12-10-25-19(26-11-12)22(2,3)31)17(23)16(18(14)29(20)4)15-7-6-8-32-15/h9-11,15,20,27,31H,5-8H2,1-4H3,(H2,24,28,30)/t15-,20?/m1/s1. The number of rotatable bonds is 5. The van der Waals surface area contributed by atoms with Gasteiger partial charge in [-0.15, -0.1) is 0 Å². The number of ether oxygens (including phenoxy) is 1. The van der Waals surface area contributed by atoms with Gasteiger partial charge in [0.2, 0.25) is 0 Å². The van der Waals surface area contributed by atoms with Crippen molar-refractivity contribution in [2.75, 3.05) is 30.4 Å². The lowest BCUT2D eigenvalue weighted by atomic mass is 9.96. The first-order valence-corrected chi connectivity index (χ1v) is 10.8. The van der Waals surface area contributed by atoms with Crippen molar-refractivity contribution in [1.82, 2.24) is 20.6 Å². The van der Waals surface area contributed by atoms with Gasteiger partial charge in [-0.2, -0.15) is 0 Å². The molecule has 2 atom stereocenters. The summed E-state index contributed by atoms with van der Waals surface area (Å²) in [6, 6.07) is 1.38. The van der Waals surface area contributed by atoms with E-state index >= 15 is 4.39 Å². The number of benzene rings is 1. The van der Waals surface area contributed by atoms with E-state index < -0.39 is 17.7 Å². The lowest BCUT2D eigenvalue weighted by Gasteiger charge is -2.26. The number of nitrogens with zero attached hydrogens (tertiary/aromatic N) is 3. The van der Waals surface area contributed by atoms with Gasteiger partial charge in [0.15, 0.2) is 12.1 Å². The molecule has 1 unspecified atom stereocenters. The molecule has 2 aliphatic rings. The first-order valence-electron chi connectivity index (χ1n) is 10.8. The third kappa shape index (κ3) is 4.07. The average Bonchev–Trinajstić information content (AvgIpc) is 3.37.